The van der Waals surface area contributed by atoms with Crippen LogP contribution in [0.25, 0.3) is 0 Å². The first-order chi connectivity index (χ1) is 8.31. The molecule has 5 heteroatoms. The van der Waals surface area contributed by atoms with Gasteiger partial charge in [0.15, 0.2) is 0 Å². The van der Waals surface area contributed by atoms with E-state index in [0.717, 1.165) is 12.8 Å². The lowest BCUT2D eigenvalue weighted by Crippen LogP contribution is -2.55. The molecule has 0 aromatic rings. The van der Waals surface area contributed by atoms with Gasteiger partial charge in [0.05, 0.1) is 5.03 Å². The topological polar surface area (TPSA) is 56.4 Å². The molecular formula is C13H27ClN4. The van der Waals surface area contributed by atoms with Crippen molar-refractivity contribution >= 4 is 17.8 Å². The van der Waals surface area contributed by atoms with E-state index in [1.54, 1.807) is 5.12 Å². The summed E-state index contributed by atoms with van der Waals surface area (Å²) in [6.07, 6.45) is 4.88. The summed E-state index contributed by atoms with van der Waals surface area (Å²) < 4.78 is 0. The summed E-state index contributed by atoms with van der Waals surface area (Å²) in [7, 11) is 1.87. The molecule has 0 bridgehead atoms. The van der Waals surface area contributed by atoms with Crippen molar-refractivity contribution < 1.29 is 0 Å². The van der Waals surface area contributed by atoms with Crippen LogP contribution in [0.3, 0.4) is 0 Å². The highest BCUT2D eigenvalue weighted by molar-refractivity contribution is 6.38. The molecule has 0 aliphatic heterocycles. The molecule has 0 aromatic heterocycles. The van der Waals surface area contributed by atoms with Crippen LogP contribution in [-0.2, 0) is 0 Å². The maximum atomic E-state index is 7.04. The third-order valence-corrected chi connectivity index (χ3v) is 3.21. The summed E-state index contributed by atoms with van der Waals surface area (Å²) in [6, 6.07) is 0.723. The Hall–Kier alpha value is -0.420. The Morgan fingerprint density at radius 3 is 2.22 bits per heavy atom. The molecule has 4 nitrogen and oxygen atoms in total. The molecule has 0 aromatic carbocycles. The number of rotatable bonds is 8. The second-order valence-electron chi connectivity index (χ2n) is 5.17. The lowest BCUT2D eigenvalue weighted by molar-refractivity contribution is -0.0840. The molecular weight excluding hydrogens is 248 g/mol. The van der Waals surface area contributed by atoms with Crippen molar-refractivity contribution in [2.45, 2.75) is 52.6 Å². The van der Waals surface area contributed by atoms with Crippen molar-refractivity contribution in [2.75, 3.05) is 7.05 Å². The molecule has 0 spiro atoms. The number of nitrogens with one attached hydrogen (secondary N) is 1. The van der Waals surface area contributed by atoms with Crippen LogP contribution < -0.4 is 5.84 Å². The van der Waals surface area contributed by atoms with Gasteiger partial charge in [-0.25, -0.2) is 5.01 Å². The number of nitrogens with two attached hydrogens (primary N) is 1. The summed E-state index contributed by atoms with van der Waals surface area (Å²) in [5, 5.41) is 11.4. The van der Waals surface area contributed by atoms with E-state index in [4.69, 9.17) is 22.9 Å². The van der Waals surface area contributed by atoms with Crippen LogP contribution in [0.15, 0.2) is 11.1 Å². The highest BCUT2D eigenvalue weighted by Gasteiger charge is 2.25. The normalized spacial score (nSPS) is 14.9. The van der Waals surface area contributed by atoms with Gasteiger partial charge in [0.25, 0.3) is 0 Å². The fourth-order valence-corrected chi connectivity index (χ4v) is 2.31. The number of nitrogens with zero attached hydrogens (tertiary/aromatic N) is 2. The molecule has 0 saturated heterocycles. The van der Waals surface area contributed by atoms with Gasteiger partial charge in [0, 0.05) is 25.3 Å². The van der Waals surface area contributed by atoms with Gasteiger partial charge in [0.1, 0.15) is 0 Å². The number of hydrazine groups is 2. The summed E-state index contributed by atoms with van der Waals surface area (Å²) in [5.74, 6) is 6.42. The third-order valence-electron chi connectivity index (χ3n) is 2.94. The Balaban J connectivity index is 4.69. The first-order valence-corrected chi connectivity index (χ1v) is 6.81. The lowest BCUT2D eigenvalue weighted by Gasteiger charge is -2.41. The summed E-state index contributed by atoms with van der Waals surface area (Å²) in [4.78, 5) is 0. The minimum absolute atomic E-state index is 0.356. The lowest BCUT2D eigenvalue weighted by atomic mass is 9.97. The second-order valence-corrected chi connectivity index (χ2v) is 5.61. The first-order valence-electron chi connectivity index (χ1n) is 6.44. The van der Waals surface area contributed by atoms with E-state index in [1.807, 2.05) is 13.1 Å². The van der Waals surface area contributed by atoms with Crippen LogP contribution in [0, 0.1) is 11.3 Å². The number of allylic oxidation sites excluding steroid dienone is 2. The Labute approximate surface area is 116 Å². The van der Waals surface area contributed by atoms with Gasteiger partial charge in [0.2, 0.25) is 0 Å². The van der Waals surface area contributed by atoms with E-state index in [2.05, 4.69) is 32.7 Å². The number of halogens is 1. The van der Waals surface area contributed by atoms with Crippen LogP contribution in [0.2, 0.25) is 0 Å². The maximum absolute atomic E-state index is 7.04. The maximum Gasteiger partial charge on any atom is 0.0541 e. The molecule has 0 heterocycles. The molecule has 0 aliphatic carbocycles. The van der Waals surface area contributed by atoms with Gasteiger partial charge in [-0.2, -0.15) is 5.12 Å². The molecule has 18 heavy (non-hydrogen) atoms. The van der Waals surface area contributed by atoms with E-state index in [9.17, 15) is 0 Å². The Morgan fingerprint density at radius 2 is 1.89 bits per heavy atom. The van der Waals surface area contributed by atoms with Crippen LogP contribution in [0.4, 0.5) is 0 Å². The van der Waals surface area contributed by atoms with Crippen LogP contribution in [0.5, 0.6) is 0 Å². The van der Waals surface area contributed by atoms with E-state index in [-0.39, 0.29) is 0 Å². The fraction of sp³-hybridized carbons (Fsp3) is 0.769. The smallest absolute Gasteiger partial charge is 0.0541 e. The fourth-order valence-electron chi connectivity index (χ4n) is 2.20. The first kappa shape index (κ1) is 17.6. The Kier molecular flexibility index (Phi) is 8.44. The standard InChI is InChI=1S/C13H27ClN4/c1-10(2)13(8-6-7-12(14)9-15)18(11(3)4)17(5)16/h7,9-11,13,15H,6,8,16H2,1-5H3/b12-7-,15-9?. The van der Waals surface area contributed by atoms with Gasteiger partial charge >= 0.3 is 0 Å². The van der Waals surface area contributed by atoms with Crippen molar-refractivity contribution in [3.05, 3.63) is 11.1 Å². The van der Waals surface area contributed by atoms with Crippen molar-refractivity contribution in [1.29, 1.82) is 5.41 Å². The zero-order chi connectivity index (χ0) is 14.3. The predicted octanol–water partition coefficient (Wildman–Crippen LogP) is 2.99. The minimum Gasteiger partial charge on any atom is -0.307 e. The average Bonchev–Trinajstić information content (AvgIpc) is 2.25. The molecule has 3 N–H and O–H groups in total. The summed E-state index contributed by atoms with van der Waals surface area (Å²) in [5.41, 5.74) is 0. The third kappa shape index (κ3) is 5.96. The van der Waals surface area contributed by atoms with Crippen molar-refractivity contribution in [3.8, 4) is 0 Å². The van der Waals surface area contributed by atoms with Crippen LogP contribution >= 0.6 is 11.6 Å². The Bertz CT molecular complexity index is 266. The van der Waals surface area contributed by atoms with Crippen LogP contribution in [-0.4, -0.2) is 35.5 Å². The zero-order valence-corrected chi connectivity index (χ0v) is 12.9. The van der Waals surface area contributed by atoms with Gasteiger partial charge in [-0.15, -0.1) is 0 Å². The van der Waals surface area contributed by atoms with E-state index in [1.165, 1.54) is 6.21 Å². The van der Waals surface area contributed by atoms with E-state index >= 15 is 0 Å². The summed E-state index contributed by atoms with van der Waals surface area (Å²) in [6.45, 7) is 8.68. The monoisotopic (exact) mass is 274 g/mol. The Morgan fingerprint density at radius 1 is 1.33 bits per heavy atom. The molecule has 0 rings (SSSR count). The number of hydrogen-bond donors (Lipinski definition) is 2. The zero-order valence-electron chi connectivity index (χ0n) is 12.2. The van der Waals surface area contributed by atoms with Crippen molar-refractivity contribution in [1.82, 2.24) is 10.1 Å². The molecule has 1 atom stereocenters. The van der Waals surface area contributed by atoms with Crippen LogP contribution in [0.1, 0.15) is 40.5 Å². The number of hydrogen-bond acceptors (Lipinski definition) is 4. The molecule has 0 fully saturated rings. The molecule has 0 aliphatic rings. The molecule has 106 valence electrons. The molecule has 0 amide bonds. The quantitative estimate of drug-likeness (QED) is 0.406. The second kappa shape index (κ2) is 8.64. The van der Waals surface area contributed by atoms with Crippen molar-refractivity contribution in [3.63, 3.8) is 0 Å². The van der Waals surface area contributed by atoms with Gasteiger partial charge in [-0.1, -0.05) is 31.5 Å². The average molecular weight is 275 g/mol. The van der Waals surface area contributed by atoms with E-state index < -0.39 is 0 Å². The van der Waals surface area contributed by atoms with Crippen molar-refractivity contribution in [2.24, 2.45) is 11.8 Å². The highest BCUT2D eigenvalue weighted by atomic mass is 35.5. The van der Waals surface area contributed by atoms with E-state index in [0.29, 0.717) is 23.0 Å². The molecule has 0 radical (unpaired) electrons. The molecule has 1 unspecified atom stereocenters. The minimum atomic E-state index is 0.356. The SMILES string of the molecule is CC(C)C(CC/C=C(\Cl)C=N)N(C(C)C)N(C)N. The van der Waals surface area contributed by atoms with Gasteiger partial charge < -0.3 is 5.41 Å². The predicted molar refractivity (Wildman–Crippen MR) is 79.5 cm³/mol. The highest BCUT2D eigenvalue weighted by Crippen LogP contribution is 2.20. The largest absolute Gasteiger partial charge is 0.307 e. The van der Waals surface area contributed by atoms with Gasteiger partial charge in [-0.3, -0.25) is 5.84 Å². The molecule has 0 saturated carbocycles. The summed E-state index contributed by atoms with van der Waals surface area (Å²) >= 11 is 5.80. The van der Waals surface area contributed by atoms with Gasteiger partial charge in [-0.05, 0) is 32.6 Å².